The lowest BCUT2D eigenvalue weighted by Crippen LogP contribution is -2.13. The summed E-state index contributed by atoms with van der Waals surface area (Å²) >= 11 is 0. The Morgan fingerprint density at radius 1 is 0.909 bits per heavy atom. The Balaban J connectivity index is 2.40. The van der Waals surface area contributed by atoms with Crippen molar-refractivity contribution < 1.29 is 21.4 Å². The minimum atomic E-state index is -4.42. The number of nitrogens with one attached hydrogen (secondary N) is 1. The first kappa shape index (κ1) is 16.5. The maximum absolute atomic E-state index is 12.2. The first-order valence-corrected chi connectivity index (χ1v) is 9.19. The fourth-order valence-corrected chi connectivity index (χ4v) is 3.67. The van der Waals surface area contributed by atoms with Crippen LogP contribution in [-0.2, 0) is 20.1 Å². The Labute approximate surface area is 129 Å². The normalized spacial score (nSPS) is 12.1. The predicted molar refractivity (Wildman–Crippen MR) is 83.0 cm³/mol. The van der Waals surface area contributed by atoms with Gasteiger partial charge < -0.3 is 0 Å². The van der Waals surface area contributed by atoms with Crippen molar-refractivity contribution >= 4 is 25.8 Å². The Kier molecular flexibility index (Phi) is 4.28. The molecule has 0 aliphatic carbocycles. The summed E-state index contributed by atoms with van der Waals surface area (Å²) in [5.74, 6) is 0. The summed E-state index contributed by atoms with van der Waals surface area (Å²) in [4.78, 5) is -0.274. The molecule has 0 saturated carbocycles. The van der Waals surface area contributed by atoms with E-state index in [4.69, 9.17) is 4.55 Å². The second-order valence-corrected chi connectivity index (χ2v) is 7.95. The molecule has 0 fully saturated rings. The summed E-state index contributed by atoms with van der Waals surface area (Å²) in [6.45, 7) is 3.34. The molecule has 0 amide bonds. The highest BCUT2D eigenvalue weighted by Gasteiger charge is 2.17. The molecule has 6 nitrogen and oxygen atoms in total. The number of benzene rings is 2. The Morgan fingerprint density at radius 2 is 1.50 bits per heavy atom. The maximum Gasteiger partial charge on any atom is 0.294 e. The number of sulfonamides is 1. The number of hydrogen-bond acceptors (Lipinski definition) is 4. The van der Waals surface area contributed by atoms with E-state index in [1.807, 2.05) is 6.92 Å². The molecule has 0 unspecified atom stereocenters. The topological polar surface area (TPSA) is 101 Å². The van der Waals surface area contributed by atoms with Gasteiger partial charge in [0.1, 0.15) is 0 Å². The van der Waals surface area contributed by atoms with E-state index in [1.165, 1.54) is 31.2 Å². The Hall–Kier alpha value is -1.90. The highest BCUT2D eigenvalue weighted by atomic mass is 32.2. The summed E-state index contributed by atoms with van der Waals surface area (Å²) in [5.41, 5.74) is 1.29. The molecular weight excluding hydrogens is 326 g/mol. The minimum Gasteiger partial charge on any atom is -0.282 e. The average Bonchev–Trinajstić information content (AvgIpc) is 2.40. The highest BCUT2D eigenvalue weighted by Crippen LogP contribution is 2.22. The van der Waals surface area contributed by atoms with Gasteiger partial charge in [-0.2, -0.15) is 8.42 Å². The number of rotatable bonds is 4. The number of aryl methyl sites for hydroxylation is 2. The van der Waals surface area contributed by atoms with E-state index in [-0.39, 0.29) is 15.5 Å². The van der Waals surface area contributed by atoms with Gasteiger partial charge in [0.2, 0.25) is 0 Å². The zero-order valence-electron chi connectivity index (χ0n) is 11.9. The summed E-state index contributed by atoms with van der Waals surface area (Å²) in [5, 5.41) is 0. The molecule has 2 aromatic rings. The molecule has 0 spiro atoms. The number of hydrogen-bond donors (Lipinski definition) is 2. The number of anilines is 1. The fraction of sp³-hybridized carbons (Fsp3) is 0.143. The van der Waals surface area contributed by atoms with Crippen molar-refractivity contribution in [3.8, 4) is 0 Å². The largest absolute Gasteiger partial charge is 0.294 e. The van der Waals surface area contributed by atoms with E-state index < -0.39 is 20.1 Å². The first-order chi connectivity index (χ1) is 10.1. The molecule has 2 rings (SSSR count). The predicted octanol–water partition coefficient (Wildman–Crippen LogP) is 2.35. The molecule has 0 aliphatic rings. The van der Waals surface area contributed by atoms with Crippen LogP contribution in [0, 0.1) is 13.8 Å². The highest BCUT2D eigenvalue weighted by molar-refractivity contribution is 7.92. The summed E-state index contributed by atoms with van der Waals surface area (Å²) < 4.78 is 58.4. The van der Waals surface area contributed by atoms with Crippen LogP contribution in [0.3, 0.4) is 0 Å². The van der Waals surface area contributed by atoms with Gasteiger partial charge in [-0.25, -0.2) is 8.42 Å². The molecular formula is C14H15NO5S2. The SMILES string of the molecule is Cc1ccc(S(=O)(=O)Nc2ccc(C)c(S(=O)(=O)O)c2)cc1. The van der Waals surface area contributed by atoms with Crippen LogP contribution in [-0.4, -0.2) is 21.4 Å². The van der Waals surface area contributed by atoms with Crippen molar-refractivity contribution in [2.24, 2.45) is 0 Å². The molecule has 0 bridgehead atoms. The van der Waals surface area contributed by atoms with E-state index in [0.717, 1.165) is 11.6 Å². The fourth-order valence-electron chi connectivity index (χ4n) is 1.87. The molecule has 0 radical (unpaired) electrons. The molecule has 8 heteroatoms. The third-order valence-corrected chi connectivity index (χ3v) is 5.44. The molecule has 2 N–H and O–H groups in total. The van der Waals surface area contributed by atoms with Gasteiger partial charge >= 0.3 is 0 Å². The Bertz CT molecular complexity index is 901. The van der Waals surface area contributed by atoms with Gasteiger partial charge in [0, 0.05) is 0 Å². The summed E-state index contributed by atoms with van der Waals surface area (Å²) in [6.07, 6.45) is 0. The molecule has 0 saturated heterocycles. The monoisotopic (exact) mass is 341 g/mol. The van der Waals surface area contributed by atoms with Crippen LogP contribution in [0.2, 0.25) is 0 Å². The average molecular weight is 341 g/mol. The summed E-state index contributed by atoms with van der Waals surface area (Å²) in [7, 11) is -8.25. The third-order valence-electron chi connectivity index (χ3n) is 3.05. The van der Waals surface area contributed by atoms with Crippen LogP contribution >= 0.6 is 0 Å². The van der Waals surface area contributed by atoms with Gasteiger partial charge in [-0.3, -0.25) is 9.27 Å². The zero-order chi connectivity index (χ0) is 16.5. The van der Waals surface area contributed by atoms with Gasteiger partial charge in [0.15, 0.2) is 0 Å². The lowest BCUT2D eigenvalue weighted by Gasteiger charge is -2.10. The second-order valence-electron chi connectivity index (χ2n) is 4.87. The van der Waals surface area contributed by atoms with Gasteiger partial charge in [-0.15, -0.1) is 0 Å². The van der Waals surface area contributed by atoms with Crippen molar-refractivity contribution in [1.82, 2.24) is 0 Å². The molecule has 22 heavy (non-hydrogen) atoms. The lowest BCUT2D eigenvalue weighted by molar-refractivity contribution is 0.482. The van der Waals surface area contributed by atoms with Gasteiger partial charge in [-0.05, 0) is 43.7 Å². The van der Waals surface area contributed by atoms with E-state index in [1.54, 1.807) is 12.1 Å². The first-order valence-electron chi connectivity index (χ1n) is 6.27. The van der Waals surface area contributed by atoms with Crippen LogP contribution in [0.15, 0.2) is 52.3 Å². The van der Waals surface area contributed by atoms with Crippen LogP contribution in [0.4, 0.5) is 5.69 Å². The summed E-state index contributed by atoms with van der Waals surface area (Å²) in [6, 6.07) is 10.1. The van der Waals surface area contributed by atoms with Gasteiger partial charge in [0.05, 0.1) is 15.5 Å². The zero-order valence-corrected chi connectivity index (χ0v) is 13.6. The van der Waals surface area contributed by atoms with Crippen LogP contribution in [0.1, 0.15) is 11.1 Å². The molecule has 0 heterocycles. The van der Waals surface area contributed by atoms with Gasteiger partial charge in [-0.1, -0.05) is 23.8 Å². The van der Waals surface area contributed by atoms with E-state index in [0.29, 0.717) is 5.56 Å². The molecule has 0 aliphatic heterocycles. The van der Waals surface area contributed by atoms with Crippen LogP contribution in [0.5, 0.6) is 0 Å². The van der Waals surface area contributed by atoms with E-state index >= 15 is 0 Å². The van der Waals surface area contributed by atoms with Crippen molar-refractivity contribution in [3.05, 3.63) is 53.6 Å². The van der Waals surface area contributed by atoms with E-state index in [2.05, 4.69) is 4.72 Å². The van der Waals surface area contributed by atoms with Gasteiger partial charge in [0.25, 0.3) is 20.1 Å². The lowest BCUT2D eigenvalue weighted by atomic mass is 10.2. The van der Waals surface area contributed by atoms with Crippen LogP contribution in [0.25, 0.3) is 0 Å². The molecule has 118 valence electrons. The van der Waals surface area contributed by atoms with Crippen molar-refractivity contribution in [1.29, 1.82) is 0 Å². The third kappa shape index (κ3) is 3.65. The molecule has 0 atom stereocenters. The molecule has 0 aromatic heterocycles. The quantitative estimate of drug-likeness (QED) is 0.831. The van der Waals surface area contributed by atoms with Crippen molar-refractivity contribution in [3.63, 3.8) is 0 Å². The smallest absolute Gasteiger partial charge is 0.282 e. The maximum atomic E-state index is 12.2. The Morgan fingerprint density at radius 3 is 2.05 bits per heavy atom. The molecule has 2 aromatic carbocycles. The van der Waals surface area contributed by atoms with Crippen molar-refractivity contribution in [2.45, 2.75) is 23.6 Å². The minimum absolute atomic E-state index is 0.0544. The standard InChI is InChI=1S/C14H15NO5S2/c1-10-3-7-13(8-4-10)21(16,17)15-12-6-5-11(2)14(9-12)22(18,19)20/h3-9,15H,1-2H3,(H,18,19,20). The van der Waals surface area contributed by atoms with Crippen LogP contribution < -0.4 is 4.72 Å². The van der Waals surface area contributed by atoms with Crippen molar-refractivity contribution in [2.75, 3.05) is 4.72 Å². The second kappa shape index (κ2) is 5.71. The van der Waals surface area contributed by atoms with E-state index in [9.17, 15) is 16.8 Å².